The standard InChI is InChI=1S/C21H37NO7/c1-20(2,3)28-17(24)14-15(23)13-16(27-18-9-7-8-12-26-18)10-11-22-19(25)29-21(4,5)6/h16,18H,7-14H2,1-6H3,(H,22,25)/t16-,18?/m1/s1. The van der Waals surface area contributed by atoms with Gasteiger partial charge in [0.2, 0.25) is 0 Å². The summed E-state index contributed by atoms with van der Waals surface area (Å²) in [6.07, 6.45) is 1.53. The van der Waals surface area contributed by atoms with Crippen LogP contribution in [0.5, 0.6) is 0 Å². The fourth-order valence-electron chi connectivity index (χ4n) is 2.77. The smallest absolute Gasteiger partial charge is 0.407 e. The van der Waals surface area contributed by atoms with Crippen molar-refractivity contribution in [1.82, 2.24) is 5.32 Å². The van der Waals surface area contributed by atoms with Crippen LogP contribution >= 0.6 is 0 Å². The Hall–Kier alpha value is -1.67. The van der Waals surface area contributed by atoms with E-state index < -0.39 is 29.4 Å². The Morgan fingerprint density at radius 3 is 2.24 bits per heavy atom. The maximum atomic E-state index is 12.3. The van der Waals surface area contributed by atoms with Gasteiger partial charge in [-0.2, -0.15) is 0 Å². The number of amides is 1. The van der Waals surface area contributed by atoms with Gasteiger partial charge in [-0.15, -0.1) is 0 Å². The van der Waals surface area contributed by atoms with Crippen LogP contribution in [0.25, 0.3) is 0 Å². The number of Topliss-reactive ketones (excluding diaryl/α,β-unsaturated/α-hetero) is 1. The summed E-state index contributed by atoms with van der Waals surface area (Å²) < 4.78 is 21.9. The van der Waals surface area contributed by atoms with Crippen molar-refractivity contribution < 1.29 is 33.3 Å². The van der Waals surface area contributed by atoms with Gasteiger partial charge in [0.05, 0.1) is 6.10 Å². The highest BCUT2D eigenvalue weighted by Gasteiger charge is 2.25. The monoisotopic (exact) mass is 415 g/mol. The number of esters is 1. The first-order chi connectivity index (χ1) is 13.3. The van der Waals surface area contributed by atoms with Crippen LogP contribution in [0, 0.1) is 0 Å². The maximum Gasteiger partial charge on any atom is 0.407 e. The van der Waals surface area contributed by atoms with Gasteiger partial charge in [0.15, 0.2) is 6.29 Å². The van der Waals surface area contributed by atoms with E-state index >= 15 is 0 Å². The van der Waals surface area contributed by atoms with Crippen molar-refractivity contribution in [3.63, 3.8) is 0 Å². The van der Waals surface area contributed by atoms with Gasteiger partial charge in [-0.1, -0.05) is 0 Å². The fraction of sp³-hybridized carbons (Fsp3) is 0.857. The van der Waals surface area contributed by atoms with Crippen LogP contribution in [-0.4, -0.2) is 54.6 Å². The molecule has 0 aromatic carbocycles. The third kappa shape index (κ3) is 13.2. The lowest BCUT2D eigenvalue weighted by molar-refractivity contribution is -0.190. The molecule has 1 unspecified atom stereocenters. The van der Waals surface area contributed by atoms with Crippen molar-refractivity contribution >= 4 is 17.8 Å². The molecule has 0 aliphatic carbocycles. The molecule has 0 aromatic heterocycles. The van der Waals surface area contributed by atoms with Gasteiger partial charge in [-0.25, -0.2) is 4.79 Å². The highest BCUT2D eigenvalue weighted by molar-refractivity contribution is 5.95. The van der Waals surface area contributed by atoms with Crippen LogP contribution in [0.2, 0.25) is 0 Å². The predicted molar refractivity (Wildman–Crippen MR) is 107 cm³/mol. The number of ketones is 1. The molecule has 1 saturated heterocycles. The van der Waals surface area contributed by atoms with E-state index in [-0.39, 0.29) is 31.5 Å². The molecule has 1 aliphatic heterocycles. The largest absolute Gasteiger partial charge is 0.460 e. The average Bonchev–Trinajstić information content (AvgIpc) is 2.51. The number of alkyl carbamates (subject to hydrolysis) is 1. The number of nitrogens with one attached hydrogen (secondary N) is 1. The van der Waals surface area contributed by atoms with E-state index in [0.717, 1.165) is 19.3 Å². The first kappa shape index (κ1) is 25.4. The Balaban J connectivity index is 2.54. The lowest BCUT2D eigenvalue weighted by Gasteiger charge is -2.28. The summed E-state index contributed by atoms with van der Waals surface area (Å²) in [4.78, 5) is 36.0. The molecule has 1 fully saturated rings. The Morgan fingerprint density at radius 2 is 1.69 bits per heavy atom. The molecule has 0 radical (unpaired) electrons. The summed E-state index contributed by atoms with van der Waals surface area (Å²) in [6, 6.07) is 0. The van der Waals surface area contributed by atoms with Gasteiger partial charge in [0.25, 0.3) is 0 Å². The second-order valence-electron chi connectivity index (χ2n) is 9.28. The minimum Gasteiger partial charge on any atom is -0.460 e. The summed E-state index contributed by atoms with van der Waals surface area (Å²) in [7, 11) is 0. The second-order valence-corrected chi connectivity index (χ2v) is 9.28. The fourth-order valence-corrected chi connectivity index (χ4v) is 2.77. The zero-order valence-electron chi connectivity index (χ0n) is 18.7. The minimum atomic E-state index is -0.638. The zero-order chi connectivity index (χ0) is 22.1. The Kier molecular flexibility index (Phi) is 10.1. The molecule has 0 aromatic rings. The van der Waals surface area contributed by atoms with Crippen molar-refractivity contribution in [2.45, 2.75) is 104 Å². The summed E-state index contributed by atoms with van der Waals surface area (Å²) in [5.41, 5.74) is -1.22. The van der Waals surface area contributed by atoms with Crippen LogP contribution in [0.1, 0.15) is 80.1 Å². The molecule has 8 heteroatoms. The topological polar surface area (TPSA) is 100 Å². The number of carbonyl (C=O) groups is 3. The van der Waals surface area contributed by atoms with Gasteiger partial charge in [-0.05, 0) is 67.2 Å². The summed E-state index contributed by atoms with van der Waals surface area (Å²) in [6.45, 7) is 11.5. The van der Waals surface area contributed by atoms with Crippen molar-refractivity contribution in [2.75, 3.05) is 13.2 Å². The summed E-state index contributed by atoms with van der Waals surface area (Å²) in [5.74, 6) is -0.820. The van der Waals surface area contributed by atoms with Crippen molar-refractivity contribution in [3.05, 3.63) is 0 Å². The quantitative estimate of drug-likeness (QED) is 0.454. The van der Waals surface area contributed by atoms with Crippen LogP contribution in [0.15, 0.2) is 0 Å². The molecular formula is C21H37NO7. The van der Waals surface area contributed by atoms with Crippen LogP contribution in [-0.2, 0) is 28.5 Å². The Bertz CT molecular complexity index is 542. The van der Waals surface area contributed by atoms with Gasteiger partial charge in [-0.3, -0.25) is 9.59 Å². The maximum absolute atomic E-state index is 12.3. The highest BCUT2D eigenvalue weighted by atomic mass is 16.7. The van der Waals surface area contributed by atoms with Gasteiger partial charge < -0.3 is 24.3 Å². The molecule has 2 atom stereocenters. The number of rotatable bonds is 9. The molecular weight excluding hydrogens is 378 g/mol. The van der Waals surface area contributed by atoms with Gasteiger partial charge in [0.1, 0.15) is 23.4 Å². The van der Waals surface area contributed by atoms with Gasteiger partial charge >= 0.3 is 12.1 Å². The van der Waals surface area contributed by atoms with Crippen molar-refractivity contribution in [3.8, 4) is 0 Å². The third-order valence-electron chi connectivity index (χ3n) is 3.83. The molecule has 1 amide bonds. The Morgan fingerprint density at radius 1 is 1.03 bits per heavy atom. The van der Waals surface area contributed by atoms with E-state index in [2.05, 4.69) is 5.32 Å². The Labute approximate surface area is 174 Å². The molecule has 1 rings (SSSR count). The van der Waals surface area contributed by atoms with E-state index in [4.69, 9.17) is 18.9 Å². The van der Waals surface area contributed by atoms with Crippen LogP contribution in [0.3, 0.4) is 0 Å². The van der Waals surface area contributed by atoms with Crippen molar-refractivity contribution in [1.29, 1.82) is 0 Å². The molecule has 8 nitrogen and oxygen atoms in total. The first-order valence-electron chi connectivity index (χ1n) is 10.3. The number of ether oxygens (including phenoxy) is 4. The van der Waals surface area contributed by atoms with E-state index in [9.17, 15) is 14.4 Å². The lowest BCUT2D eigenvalue weighted by atomic mass is 10.1. The lowest BCUT2D eigenvalue weighted by Crippen LogP contribution is -2.36. The average molecular weight is 416 g/mol. The van der Waals surface area contributed by atoms with E-state index in [0.29, 0.717) is 13.0 Å². The molecule has 1 N–H and O–H groups in total. The van der Waals surface area contributed by atoms with Gasteiger partial charge in [0, 0.05) is 19.6 Å². The zero-order valence-corrected chi connectivity index (χ0v) is 18.7. The van der Waals surface area contributed by atoms with Crippen molar-refractivity contribution in [2.24, 2.45) is 0 Å². The van der Waals surface area contributed by atoms with Crippen LogP contribution < -0.4 is 5.32 Å². The first-order valence-corrected chi connectivity index (χ1v) is 10.3. The minimum absolute atomic E-state index is 0.0507. The normalized spacial score (nSPS) is 18.6. The van der Waals surface area contributed by atoms with E-state index in [1.165, 1.54) is 0 Å². The molecule has 0 spiro atoms. The molecule has 0 bridgehead atoms. The SMILES string of the molecule is CC(C)(C)OC(=O)CC(=O)C[C@@H](CCNC(=O)OC(C)(C)C)OC1CCCCO1. The van der Waals surface area contributed by atoms with Crippen LogP contribution in [0.4, 0.5) is 4.79 Å². The molecule has 0 saturated carbocycles. The summed E-state index contributed by atoms with van der Waals surface area (Å²) >= 11 is 0. The molecule has 1 heterocycles. The van der Waals surface area contributed by atoms with E-state index in [1.54, 1.807) is 41.5 Å². The van der Waals surface area contributed by atoms with E-state index in [1.807, 2.05) is 0 Å². The molecule has 168 valence electrons. The summed E-state index contributed by atoms with van der Waals surface area (Å²) in [5, 5.41) is 2.67. The molecule has 1 aliphatic rings. The molecule has 29 heavy (non-hydrogen) atoms. The number of carbonyl (C=O) groups excluding carboxylic acids is 3. The number of hydrogen-bond donors (Lipinski definition) is 1. The second kappa shape index (κ2) is 11.5. The third-order valence-corrected chi connectivity index (χ3v) is 3.83. The highest BCUT2D eigenvalue weighted by Crippen LogP contribution is 2.19. The predicted octanol–water partition coefficient (Wildman–Crippen LogP) is 3.50. The number of hydrogen-bond acceptors (Lipinski definition) is 7.